The molecular formula is C24H19BrClNO3. The quantitative estimate of drug-likeness (QED) is 0.496. The highest BCUT2D eigenvalue weighted by atomic mass is 79.9. The minimum Gasteiger partial charge on any atom is -0.375 e. The number of benzene rings is 3. The normalized spacial score (nSPS) is 18.9. The fourth-order valence-corrected chi connectivity index (χ4v) is 4.45. The van der Waals surface area contributed by atoms with Crippen molar-refractivity contribution in [2.75, 3.05) is 4.90 Å². The van der Waals surface area contributed by atoms with Gasteiger partial charge in [-0.05, 0) is 29.8 Å². The molecule has 1 amide bonds. The number of ketones is 1. The molecular weight excluding hydrogens is 466 g/mol. The summed E-state index contributed by atoms with van der Waals surface area (Å²) in [5, 5.41) is 12.2. The van der Waals surface area contributed by atoms with Crippen LogP contribution in [-0.4, -0.2) is 16.8 Å². The molecule has 0 saturated carbocycles. The fraction of sp³-hybridized carbons (Fsp3) is 0.167. The maximum Gasteiger partial charge on any atom is 0.264 e. The third-order valence-electron chi connectivity index (χ3n) is 5.60. The molecule has 0 spiro atoms. The van der Waals surface area contributed by atoms with Crippen molar-refractivity contribution < 1.29 is 14.7 Å². The molecule has 3 aromatic carbocycles. The van der Waals surface area contributed by atoms with Gasteiger partial charge in [0.05, 0.1) is 18.2 Å². The zero-order valence-electron chi connectivity index (χ0n) is 16.2. The van der Waals surface area contributed by atoms with Crippen LogP contribution in [0.1, 0.15) is 28.4 Å². The highest BCUT2D eigenvalue weighted by Crippen LogP contribution is 2.47. The zero-order valence-corrected chi connectivity index (χ0v) is 18.5. The number of hydrogen-bond donors (Lipinski definition) is 1. The molecule has 3 aromatic rings. The van der Waals surface area contributed by atoms with Gasteiger partial charge in [0.1, 0.15) is 0 Å². The van der Waals surface area contributed by atoms with Gasteiger partial charge in [-0.2, -0.15) is 0 Å². The van der Waals surface area contributed by atoms with Gasteiger partial charge in [0, 0.05) is 20.6 Å². The van der Waals surface area contributed by atoms with Gasteiger partial charge in [0.15, 0.2) is 11.4 Å². The van der Waals surface area contributed by atoms with E-state index in [1.807, 2.05) is 24.3 Å². The van der Waals surface area contributed by atoms with Crippen LogP contribution in [0.2, 0.25) is 5.02 Å². The summed E-state index contributed by atoms with van der Waals surface area (Å²) in [6.07, 6.45) is 0. The smallest absolute Gasteiger partial charge is 0.264 e. The van der Waals surface area contributed by atoms with E-state index >= 15 is 0 Å². The molecule has 152 valence electrons. The standard InChI is InChI=1S/C24H19BrClNO3/c1-15(22(28)16-7-3-2-4-8-16)24(30)19-13-18(25)11-12-21(19)27(23(24)29)14-17-9-5-6-10-20(17)26/h2-13,15,30H,14H2,1H3/t15-,24+/m1/s1. The molecule has 0 fully saturated rings. The molecule has 1 heterocycles. The summed E-state index contributed by atoms with van der Waals surface area (Å²) < 4.78 is 0.714. The van der Waals surface area contributed by atoms with Gasteiger partial charge in [-0.25, -0.2) is 0 Å². The Balaban J connectivity index is 1.79. The predicted octanol–water partition coefficient (Wildman–Crippen LogP) is 5.36. The van der Waals surface area contributed by atoms with Gasteiger partial charge >= 0.3 is 0 Å². The van der Waals surface area contributed by atoms with E-state index in [1.165, 1.54) is 4.90 Å². The Morgan fingerprint density at radius 1 is 1.10 bits per heavy atom. The summed E-state index contributed by atoms with van der Waals surface area (Å²) in [5.41, 5.74) is 0.205. The summed E-state index contributed by atoms with van der Waals surface area (Å²) in [6.45, 7) is 1.79. The summed E-state index contributed by atoms with van der Waals surface area (Å²) in [5.74, 6) is -1.80. The number of halogens is 2. The fourth-order valence-electron chi connectivity index (χ4n) is 3.89. The molecule has 0 radical (unpaired) electrons. The Morgan fingerprint density at radius 3 is 2.47 bits per heavy atom. The highest BCUT2D eigenvalue weighted by molar-refractivity contribution is 9.10. The van der Waals surface area contributed by atoms with Crippen LogP contribution in [0, 0.1) is 5.92 Å². The molecule has 30 heavy (non-hydrogen) atoms. The maximum atomic E-state index is 13.6. The van der Waals surface area contributed by atoms with Crippen LogP contribution in [0.25, 0.3) is 0 Å². The summed E-state index contributed by atoms with van der Waals surface area (Å²) >= 11 is 9.72. The van der Waals surface area contributed by atoms with Gasteiger partial charge in [0.25, 0.3) is 5.91 Å². The zero-order chi connectivity index (χ0) is 21.5. The van der Waals surface area contributed by atoms with E-state index < -0.39 is 17.4 Å². The SMILES string of the molecule is C[C@H](C(=O)c1ccccc1)[C@@]1(O)C(=O)N(Cc2ccccc2Cl)c2ccc(Br)cc21. The molecule has 0 unspecified atom stereocenters. The molecule has 2 atom stereocenters. The van der Waals surface area contributed by atoms with Gasteiger partial charge < -0.3 is 10.0 Å². The number of carbonyl (C=O) groups is 2. The van der Waals surface area contributed by atoms with Crippen LogP contribution < -0.4 is 4.90 Å². The molecule has 1 aliphatic heterocycles. The van der Waals surface area contributed by atoms with E-state index in [0.717, 1.165) is 5.56 Å². The molecule has 1 aliphatic rings. The summed E-state index contributed by atoms with van der Waals surface area (Å²) in [4.78, 5) is 28.2. The lowest BCUT2D eigenvalue weighted by Crippen LogP contribution is -2.47. The lowest BCUT2D eigenvalue weighted by Gasteiger charge is -2.28. The van der Waals surface area contributed by atoms with E-state index in [1.54, 1.807) is 55.5 Å². The van der Waals surface area contributed by atoms with Crippen LogP contribution in [0.5, 0.6) is 0 Å². The number of carbonyl (C=O) groups excluding carboxylic acids is 2. The first-order valence-corrected chi connectivity index (χ1v) is 10.7. The van der Waals surface area contributed by atoms with Gasteiger partial charge in [0.2, 0.25) is 0 Å². The molecule has 0 aliphatic carbocycles. The monoisotopic (exact) mass is 483 g/mol. The number of nitrogens with zero attached hydrogens (tertiary/aromatic N) is 1. The van der Waals surface area contributed by atoms with Crippen molar-refractivity contribution in [2.45, 2.75) is 19.1 Å². The number of aliphatic hydroxyl groups is 1. The Bertz CT molecular complexity index is 1130. The molecule has 4 nitrogen and oxygen atoms in total. The molecule has 4 rings (SSSR count). The van der Waals surface area contributed by atoms with Crippen LogP contribution in [-0.2, 0) is 16.9 Å². The molecule has 1 N–H and O–H groups in total. The molecule has 0 aromatic heterocycles. The number of anilines is 1. The van der Waals surface area contributed by atoms with Crippen molar-refractivity contribution in [3.05, 3.63) is 99.0 Å². The topological polar surface area (TPSA) is 57.6 Å². The molecule has 0 saturated heterocycles. The summed E-state index contributed by atoms with van der Waals surface area (Å²) in [7, 11) is 0. The average molecular weight is 485 g/mol. The minimum absolute atomic E-state index is 0.196. The number of rotatable bonds is 5. The largest absolute Gasteiger partial charge is 0.375 e. The van der Waals surface area contributed by atoms with Gasteiger partial charge in [-0.1, -0.05) is 83.0 Å². The van der Waals surface area contributed by atoms with Crippen molar-refractivity contribution in [3.63, 3.8) is 0 Å². The first kappa shape index (κ1) is 20.8. The molecule has 0 bridgehead atoms. The second kappa shape index (κ2) is 7.99. The predicted molar refractivity (Wildman–Crippen MR) is 121 cm³/mol. The number of Topliss-reactive ketones (excluding diaryl/α,β-unsaturated/α-hetero) is 1. The van der Waals surface area contributed by atoms with Crippen LogP contribution in [0.15, 0.2) is 77.3 Å². The van der Waals surface area contributed by atoms with E-state index in [-0.39, 0.29) is 12.3 Å². The summed E-state index contributed by atoms with van der Waals surface area (Å²) in [6, 6.07) is 21.2. The van der Waals surface area contributed by atoms with E-state index in [4.69, 9.17) is 11.6 Å². The van der Waals surface area contributed by atoms with Crippen LogP contribution in [0.3, 0.4) is 0 Å². The maximum absolute atomic E-state index is 13.6. The van der Waals surface area contributed by atoms with Gasteiger partial charge in [-0.15, -0.1) is 0 Å². The lowest BCUT2D eigenvalue weighted by atomic mass is 9.79. The number of fused-ring (bicyclic) bond motifs is 1. The average Bonchev–Trinajstić information content (AvgIpc) is 2.97. The van der Waals surface area contributed by atoms with Crippen molar-refractivity contribution in [2.24, 2.45) is 5.92 Å². The van der Waals surface area contributed by atoms with E-state index in [0.29, 0.717) is 26.3 Å². The number of amides is 1. The highest BCUT2D eigenvalue weighted by Gasteiger charge is 2.55. The van der Waals surface area contributed by atoms with E-state index in [2.05, 4.69) is 15.9 Å². The van der Waals surface area contributed by atoms with Gasteiger partial charge in [-0.3, -0.25) is 9.59 Å². The Kier molecular flexibility index (Phi) is 5.53. The second-order valence-corrected chi connectivity index (χ2v) is 8.69. The lowest BCUT2D eigenvalue weighted by molar-refractivity contribution is -0.139. The Labute approximate surface area is 188 Å². The minimum atomic E-state index is -1.98. The first-order valence-electron chi connectivity index (χ1n) is 9.51. The van der Waals surface area contributed by atoms with Crippen LogP contribution >= 0.6 is 27.5 Å². The number of hydrogen-bond acceptors (Lipinski definition) is 3. The Hall–Kier alpha value is -2.47. The molecule has 6 heteroatoms. The van der Waals surface area contributed by atoms with Crippen molar-refractivity contribution in [1.29, 1.82) is 0 Å². The second-order valence-electron chi connectivity index (χ2n) is 7.36. The third kappa shape index (κ3) is 3.37. The first-order chi connectivity index (χ1) is 14.3. The third-order valence-corrected chi connectivity index (χ3v) is 6.46. The van der Waals surface area contributed by atoms with E-state index in [9.17, 15) is 14.7 Å². The van der Waals surface area contributed by atoms with Crippen LogP contribution in [0.4, 0.5) is 5.69 Å². The Morgan fingerprint density at radius 2 is 1.77 bits per heavy atom. The van der Waals surface area contributed by atoms with Crippen molar-refractivity contribution >= 4 is 44.9 Å². The van der Waals surface area contributed by atoms with Crippen molar-refractivity contribution in [3.8, 4) is 0 Å². The van der Waals surface area contributed by atoms with Crippen molar-refractivity contribution in [1.82, 2.24) is 0 Å².